The van der Waals surface area contributed by atoms with E-state index in [-0.39, 0.29) is 11.3 Å². The fraction of sp³-hybridized carbons (Fsp3) is 0.550. The summed E-state index contributed by atoms with van der Waals surface area (Å²) in [5.41, 5.74) is 1.00. The Bertz CT molecular complexity index is 698. The van der Waals surface area contributed by atoms with Crippen LogP contribution in [0.2, 0.25) is 0 Å². The van der Waals surface area contributed by atoms with Gasteiger partial charge < -0.3 is 5.11 Å². The Kier molecular flexibility index (Phi) is 9.41. The zero-order chi connectivity index (χ0) is 19.6. The zero-order valence-electron chi connectivity index (χ0n) is 15.9. The van der Waals surface area contributed by atoms with E-state index < -0.39 is 16.0 Å². The summed E-state index contributed by atoms with van der Waals surface area (Å²) in [7, 11) is -3.59. The van der Waals surface area contributed by atoms with Gasteiger partial charge in [-0.2, -0.15) is 0 Å². The van der Waals surface area contributed by atoms with Crippen LogP contribution < -0.4 is 4.31 Å². The van der Waals surface area contributed by atoms with E-state index in [1.165, 1.54) is 10.4 Å². The van der Waals surface area contributed by atoms with Crippen LogP contribution in [-0.4, -0.2) is 31.8 Å². The van der Waals surface area contributed by atoms with Crippen molar-refractivity contribution in [1.82, 2.24) is 0 Å². The standard InChI is InChI=1S/C20H31NO4S/c1-4-7-9-15-21(26(24,25)16-10-8-5-2)19-17(12-6-3)13-11-14-18(19)20(22)23/h6,11,13-14H,3-5,7-10,12,15-16H2,1-2H3,(H,22,23). The molecule has 0 aromatic heterocycles. The van der Waals surface area contributed by atoms with Crippen molar-refractivity contribution >= 4 is 21.7 Å². The van der Waals surface area contributed by atoms with Crippen molar-refractivity contribution in [3.63, 3.8) is 0 Å². The highest BCUT2D eigenvalue weighted by molar-refractivity contribution is 7.92. The Morgan fingerprint density at radius 2 is 1.81 bits per heavy atom. The molecule has 0 bridgehead atoms. The normalized spacial score (nSPS) is 11.3. The Labute approximate surface area is 157 Å². The average molecular weight is 382 g/mol. The number of aromatic carboxylic acids is 1. The molecule has 1 aromatic rings. The number of carboxylic acid groups (broad SMARTS) is 1. The highest BCUT2D eigenvalue weighted by Gasteiger charge is 2.28. The molecule has 26 heavy (non-hydrogen) atoms. The van der Waals surface area contributed by atoms with Gasteiger partial charge in [-0.25, -0.2) is 13.2 Å². The molecule has 0 saturated heterocycles. The van der Waals surface area contributed by atoms with Crippen molar-refractivity contribution in [2.24, 2.45) is 0 Å². The Morgan fingerprint density at radius 1 is 1.15 bits per heavy atom. The fourth-order valence-electron chi connectivity index (χ4n) is 2.92. The van der Waals surface area contributed by atoms with E-state index in [1.54, 1.807) is 18.2 Å². The number of rotatable bonds is 13. The van der Waals surface area contributed by atoms with E-state index in [4.69, 9.17) is 0 Å². The minimum absolute atomic E-state index is 0.0277. The third kappa shape index (κ3) is 6.16. The molecule has 146 valence electrons. The topological polar surface area (TPSA) is 74.7 Å². The molecular formula is C20H31NO4S. The third-order valence-corrected chi connectivity index (χ3v) is 6.11. The van der Waals surface area contributed by atoms with Gasteiger partial charge in [-0.05, 0) is 30.9 Å². The van der Waals surface area contributed by atoms with Crippen LogP contribution in [0.4, 0.5) is 5.69 Å². The first-order valence-corrected chi connectivity index (χ1v) is 11.0. The van der Waals surface area contributed by atoms with Gasteiger partial charge in [-0.3, -0.25) is 4.31 Å². The predicted molar refractivity (Wildman–Crippen MR) is 107 cm³/mol. The molecule has 0 saturated carbocycles. The van der Waals surface area contributed by atoms with Gasteiger partial charge in [-0.1, -0.05) is 57.7 Å². The van der Waals surface area contributed by atoms with Gasteiger partial charge in [0.1, 0.15) is 0 Å². The minimum Gasteiger partial charge on any atom is -0.478 e. The van der Waals surface area contributed by atoms with Gasteiger partial charge in [0.15, 0.2) is 0 Å². The monoisotopic (exact) mass is 381 g/mol. The van der Waals surface area contributed by atoms with Gasteiger partial charge in [0, 0.05) is 6.54 Å². The van der Waals surface area contributed by atoms with Crippen LogP contribution in [0, 0.1) is 0 Å². The summed E-state index contributed by atoms with van der Waals surface area (Å²) < 4.78 is 27.4. The van der Waals surface area contributed by atoms with Crippen molar-refractivity contribution in [1.29, 1.82) is 0 Å². The number of carbonyl (C=O) groups is 1. The molecule has 1 rings (SSSR count). The summed E-state index contributed by atoms with van der Waals surface area (Å²) in [5, 5.41) is 9.61. The number of hydrogen-bond donors (Lipinski definition) is 1. The van der Waals surface area contributed by atoms with Gasteiger partial charge in [-0.15, -0.1) is 6.58 Å². The Morgan fingerprint density at radius 3 is 2.38 bits per heavy atom. The fourth-order valence-corrected chi connectivity index (χ4v) is 4.61. The maximum Gasteiger partial charge on any atom is 0.337 e. The second-order valence-corrected chi connectivity index (χ2v) is 8.43. The van der Waals surface area contributed by atoms with Gasteiger partial charge in [0.2, 0.25) is 10.0 Å². The second-order valence-electron chi connectivity index (χ2n) is 6.41. The molecule has 0 fully saturated rings. The van der Waals surface area contributed by atoms with Crippen molar-refractivity contribution in [3.8, 4) is 0 Å². The summed E-state index contributed by atoms with van der Waals surface area (Å²) in [4.78, 5) is 11.8. The van der Waals surface area contributed by atoms with Crippen LogP contribution in [0.5, 0.6) is 0 Å². The van der Waals surface area contributed by atoms with E-state index in [9.17, 15) is 18.3 Å². The van der Waals surface area contributed by atoms with Crippen LogP contribution in [-0.2, 0) is 16.4 Å². The molecule has 1 aromatic carbocycles. The van der Waals surface area contributed by atoms with Gasteiger partial charge >= 0.3 is 5.97 Å². The molecule has 0 unspecified atom stereocenters. The van der Waals surface area contributed by atoms with Crippen molar-refractivity contribution in [2.75, 3.05) is 16.6 Å². The molecule has 6 heteroatoms. The van der Waals surface area contributed by atoms with E-state index >= 15 is 0 Å². The number of allylic oxidation sites excluding steroid dienone is 1. The molecule has 1 N–H and O–H groups in total. The number of hydrogen-bond acceptors (Lipinski definition) is 3. The summed E-state index contributed by atoms with van der Waals surface area (Å²) in [6.45, 7) is 8.09. The SMILES string of the molecule is C=CCc1cccc(C(=O)O)c1N(CCCCC)S(=O)(=O)CCCCC. The van der Waals surface area contributed by atoms with Gasteiger partial charge in [0.25, 0.3) is 0 Å². The van der Waals surface area contributed by atoms with E-state index in [0.717, 1.165) is 25.7 Å². The molecule has 0 aliphatic carbocycles. The number of anilines is 1. The first-order valence-electron chi connectivity index (χ1n) is 9.35. The lowest BCUT2D eigenvalue weighted by Gasteiger charge is -2.28. The number of nitrogens with zero attached hydrogens (tertiary/aromatic N) is 1. The first-order chi connectivity index (χ1) is 12.4. The molecular weight excluding hydrogens is 350 g/mol. The Hall–Kier alpha value is -1.82. The largest absolute Gasteiger partial charge is 0.478 e. The maximum atomic E-state index is 13.0. The summed E-state index contributed by atoms with van der Waals surface area (Å²) in [6, 6.07) is 4.90. The summed E-state index contributed by atoms with van der Waals surface area (Å²) in [6.07, 6.45) is 6.99. The second kappa shape index (κ2) is 11.0. The number of sulfonamides is 1. The van der Waals surface area contributed by atoms with Crippen molar-refractivity contribution in [2.45, 2.75) is 58.8 Å². The van der Waals surface area contributed by atoms with Crippen LogP contribution in [0.15, 0.2) is 30.9 Å². The highest BCUT2D eigenvalue weighted by Crippen LogP contribution is 2.30. The van der Waals surface area contributed by atoms with E-state index in [2.05, 4.69) is 13.5 Å². The smallest absolute Gasteiger partial charge is 0.337 e. The molecule has 0 spiro atoms. The van der Waals surface area contributed by atoms with Gasteiger partial charge in [0.05, 0.1) is 17.0 Å². The average Bonchev–Trinajstić information content (AvgIpc) is 2.59. The number of para-hydroxylation sites is 1. The first kappa shape index (κ1) is 22.2. The minimum atomic E-state index is -3.59. The van der Waals surface area contributed by atoms with E-state index in [0.29, 0.717) is 37.1 Å². The highest BCUT2D eigenvalue weighted by atomic mass is 32.2. The number of unbranched alkanes of at least 4 members (excludes halogenated alkanes) is 4. The lowest BCUT2D eigenvalue weighted by Crippen LogP contribution is -2.36. The van der Waals surface area contributed by atoms with E-state index in [1.807, 2.05) is 6.92 Å². The zero-order valence-corrected chi connectivity index (χ0v) is 16.7. The lowest BCUT2D eigenvalue weighted by atomic mass is 10.0. The molecule has 0 radical (unpaired) electrons. The molecule has 0 atom stereocenters. The van der Waals surface area contributed by atoms with Crippen molar-refractivity contribution < 1.29 is 18.3 Å². The number of carboxylic acids is 1. The molecule has 0 amide bonds. The van der Waals surface area contributed by atoms with Crippen LogP contribution in [0.3, 0.4) is 0 Å². The maximum absolute atomic E-state index is 13.0. The summed E-state index contributed by atoms with van der Waals surface area (Å²) >= 11 is 0. The lowest BCUT2D eigenvalue weighted by molar-refractivity contribution is 0.0697. The summed E-state index contributed by atoms with van der Waals surface area (Å²) in [5.74, 6) is -1.08. The van der Waals surface area contributed by atoms with Crippen LogP contribution >= 0.6 is 0 Å². The van der Waals surface area contributed by atoms with Crippen molar-refractivity contribution in [3.05, 3.63) is 42.0 Å². The molecule has 0 aliphatic heterocycles. The third-order valence-electron chi connectivity index (χ3n) is 4.27. The van der Waals surface area contributed by atoms with Crippen LogP contribution in [0.25, 0.3) is 0 Å². The molecule has 0 heterocycles. The quantitative estimate of drug-likeness (QED) is 0.399. The number of benzene rings is 1. The predicted octanol–water partition coefficient (Wildman–Crippen LogP) is 4.63. The molecule has 0 aliphatic rings. The molecule has 5 nitrogen and oxygen atoms in total. The van der Waals surface area contributed by atoms with Crippen LogP contribution in [0.1, 0.15) is 68.3 Å². The Balaban J connectivity index is 3.41.